The maximum Gasteiger partial charge on any atom is 0.262 e. The lowest BCUT2D eigenvalue weighted by molar-refractivity contribution is 0.113. The van der Waals surface area contributed by atoms with Gasteiger partial charge in [-0.3, -0.25) is 4.99 Å². The Hall–Kier alpha value is -0.970. The van der Waals surface area contributed by atoms with Crippen molar-refractivity contribution in [3.8, 4) is 0 Å². The number of amidine groups is 1. The number of alkyl halides is 2. The van der Waals surface area contributed by atoms with Gasteiger partial charge in [0.2, 0.25) is 0 Å². The molecule has 16 heavy (non-hydrogen) atoms. The van der Waals surface area contributed by atoms with E-state index in [1.165, 1.54) is 0 Å². The van der Waals surface area contributed by atoms with Crippen LogP contribution in [0.1, 0.15) is 5.56 Å². The second kappa shape index (κ2) is 4.91. The molecule has 0 aliphatic carbocycles. The Balaban J connectivity index is 2.01. The standard InChI is InChI=1S/C11H11BrF2N2/c12-11-15-9(10(13)14)7-16(11)6-8-4-2-1-3-5-8/h1-5,9-10H,6-7H2. The predicted octanol–water partition coefficient (Wildman–Crippen LogP) is 2.89. The molecule has 0 aromatic heterocycles. The molecule has 5 heteroatoms. The maximum absolute atomic E-state index is 12.5. The van der Waals surface area contributed by atoms with Crippen LogP contribution in [0.3, 0.4) is 0 Å². The molecule has 1 aliphatic heterocycles. The summed E-state index contributed by atoms with van der Waals surface area (Å²) >= 11 is 3.21. The van der Waals surface area contributed by atoms with Crippen molar-refractivity contribution in [3.63, 3.8) is 0 Å². The van der Waals surface area contributed by atoms with Crippen LogP contribution in [0.5, 0.6) is 0 Å². The van der Waals surface area contributed by atoms with Crippen molar-refractivity contribution in [1.82, 2.24) is 4.90 Å². The SMILES string of the molecule is FC(F)C1CN(Cc2ccccc2)C(Br)=N1. The lowest BCUT2D eigenvalue weighted by atomic mass is 10.2. The average Bonchev–Trinajstić information content (AvgIpc) is 2.62. The van der Waals surface area contributed by atoms with Crippen LogP contribution < -0.4 is 0 Å². The van der Waals surface area contributed by atoms with Gasteiger partial charge in [0, 0.05) is 13.1 Å². The zero-order chi connectivity index (χ0) is 11.5. The highest BCUT2D eigenvalue weighted by atomic mass is 79.9. The van der Waals surface area contributed by atoms with Gasteiger partial charge in [0.15, 0.2) is 4.74 Å². The molecule has 0 N–H and O–H groups in total. The van der Waals surface area contributed by atoms with Gasteiger partial charge in [-0.2, -0.15) is 0 Å². The van der Waals surface area contributed by atoms with Gasteiger partial charge in [-0.05, 0) is 21.5 Å². The number of hydrogen-bond acceptors (Lipinski definition) is 2. The van der Waals surface area contributed by atoms with Gasteiger partial charge in [0.25, 0.3) is 6.43 Å². The molecule has 0 bridgehead atoms. The summed E-state index contributed by atoms with van der Waals surface area (Å²) < 4.78 is 25.5. The molecule has 0 saturated heterocycles. The Morgan fingerprint density at radius 3 is 2.62 bits per heavy atom. The lowest BCUT2D eigenvalue weighted by Crippen LogP contribution is -2.28. The third kappa shape index (κ3) is 2.58. The van der Waals surface area contributed by atoms with Gasteiger partial charge in [-0.15, -0.1) is 0 Å². The molecule has 0 radical (unpaired) electrons. The molecule has 0 saturated carbocycles. The minimum atomic E-state index is -2.40. The third-order valence-corrected chi connectivity index (χ3v) is 3.15. The molecule has 1 unspecified atom stereocenters. The number of hydrogen-bond donors (Lipinski definition) is 0. The number of halogens is 3. The van der Waals surface area contributed by atoms with Crippen LogP contribution in [0.25, 0.3) is 0 Å². The van der Waals surface area contributed by atoms with Crippen LogP contribution in [-0.2, 0) is 6.54 Å². The van der Waals surface area contributed by atoms with E-state index in [4.69, 9.17) is 0 Å². The quantitative estimate of drug-likeness (QED) is 0.781. The van der Waals surface area contributed by atoms with Crippen molar-refractivity contribution in [2.24, 2.45) is 4.99 Å². The van der Waals surface area contributed by atoms with Crippen molar-refractivity contribution < 1.29 is 8.78 Å². The van der Waals surface area contributed by atoms with Crippen LogP contribution in [0.2, 0.25) is 0 Å². The van der Waals surface area contributed by atoms with Gasteiger partial charge in [0.1, 0.15) is 6.04 Å². The third-order valence-electron chi connectivity index (χ3n) is 2.45. The Morgan fingerprint density at radius 1 is 1.38 bits per heavy atom. The van der Waals surface area contributed by atoms with E-state index in [0.29, 0.717) is 11.3 Å². The molecule has 1 aliphatic rings. The van der Waals surface area contributed by atoms with Crippen LogP contribution in [0, 0.1) is 0 Å². The first-order valence-corrected chi connectivity index (χ1v) is 5.76. The van der Waals surface area contributed by atoms with E-state index in [2.05, 4.69) is 20.9 Å². The summed E-state index contributed by atoms with van der Waals surface area (Å²) in [6.07, 6.45) is -2.40. The van der Waals surface area contributed by atoms with E-state index in [-0.39, 0.29) is 6.54 Å². The summed E-state index contributed by atoms with van der Waals surface area (Å²) in [4.78, 5) is 5.69. The normalized spacial score (nSPS) is 20.4. The minimum Gasteiger partial charge on any atom is -0.344 e. The number of nitrogens with zero attached hydrogens (tertiary/aromatic N) is 2. The van der Waals surface area contributed by atoms with Crippen molar-refractivity contribution in [2.75, 3.05) is 6.54 Å². The molecular formula is C11H11BrF2N2. The first kappa shape index (κ1) is 11.5. The largest absolute Gasteiger partial charge is 0.344 e. The molecule has 1 aromatic rings. The molecule has 0 spiro atoms. The van der Waals surface area contributed by atoms with Crippen LogP contribution in [0.4, 0.5) is 8.78 Å². The Morgan fingerprint density at radius 2 is 2.06 bits per heavy atom. The highest BCUT2D eigenvalue weighted by Gasteiger charge is 2.29. The zero-order valence-corrected chi connectivity index (χ0v) is 10.1. The van der Waals surface area contributed by atoms with Crippen LogP contribution in [0.15, 0.2) is 35.3 Å². The molecule has 0 amide bonds. The molecule has 1 heterocycles. The topological polar surface area (TPSA) is 15.6 Å². The Kier molecular flexibility index (Phi) is 3.53. The fraction of sp³-hybridized carbons (Fsp3) is 0.364. The maximum atomic E-state index is 12.5. The summed E-state index contributed by atoms with van der Waals surface area (Å²) in [6.45, 7) is 0.876. The first-order chi connectivity index (χ1) is 7.66. The second-order valence-electron chi connectivity index (χ2n) is 3.67. The van der Waals surface area contributed by atoms with E-state index in [1.54, 1.807) is 0 Å². The molecule has 1 atom stereocenters. The van der Waals surface area contributed by atoms with E-state index < -0.39 is 12.5 Å². The highest BCUT2D eigenvalue weighted by Crippen LogP contribution is 2.20. The van der Waals surface area contributed by atoms with E-state index in [1.807, 2.05) is 35.2 Å². The Bertz CT molecular complexity index is 381. The van der Waals surface area contributed by atoms with Gasteiger partial charge in [0.05, 0.1) is 0 Å². The van der Waals surface area contributed by atoms with Crippen molar-refractivity contribution in [2.45, 2.75) is 19.0 Å². The number of aliphatic imine (C=N–C) groups is 1. The summed E-state index contributed by atoms with van der Waals surface area (Å²) in [6, 6.07) is 8.82. The summed E-state index contributed by atoms with van der Waals surface area (Å²) in [7, 11) is 0. The molecule has 1 aromatic carbocycles. The predicted molar refractivity (Wildman–Crippen MR) is 63.0 cm³/mol. The van der Waals surface area contributed by atoms with Gasteiger partial charge in [-0.25, -0.2) is 8.78 Å². The van der Waals surface area contributed by atoms with E-state index >= 15 is 0 Å². The van der Waals surface area contributed by atoms with Gasteiger partial charge < -0.3 is 4.90 Å². The average molecular weight is 289 g/mol. The summed E-state index contributed by atoms with van der Waals surface area (Å²) in [5.74, 6) is 0. The Labute approximate surface area is 101 Å². The monoisotopic (exact) mass is 288 g/mol. The van der Waals surface area contributed by atoms with Crippen LogP contribution >= 0.6 is 15.9 Å². The smallest absolute Gasteiger partial charge is 0.262 e. The molecule has 86 valence electrons. The molecule has 2 rings (SSSR count). The highest BCUT2D eigenvalue weighted by molar-refractivity contribution is 9.18. The molecule has 0 fully saturated rings. The minimum absolute atomic E-state index is 0.271. The van der Waals surface area contributed by atoms with E-state index in [9.17, 15) is 8.78 Å². The van der Waals surface area contributed by atoms with Crippen molar-refractivity contribution in [1.29, 1.82) is 0 Å². The first-order valence-electron chi connectivity index (χ1n) is 4.97. The second-order valence-corrected chi connectivity index (χ2v) is 4.38. The van der Waals surface area contributed by atoms with Crippen molar-refractivity contribution in [3.05, 3.63) is 35.9 Å². The number of benzene rings is 1. The van der Waals surface area contributed by atoms with Crippen LogP contribution in [-0.4, -0.2) is 28.7 Å². The lowest BCUT2D eigenvalue weighted by Gasteiger charge is -2.17. The van der Waals surface area contributed by atoms with Crippen molar-refractivity contribution >= 4 is 20.7 Å². The van der Waals surface area contributed by atoms with Gasteiger partial charge >= 0.3 is 0 Å². The van der Waals surface area contributed by atoms with E-state index in [0.717, 1.165) is 5.56 Å². The zero-order valence-electron chi connectivity index (χ0n) is 8.48. The fourth-order valence-electron chi connectivity index (χ4n) is 1.63. The molecule has 2 nitrogen and oxygen atoms in total. The number of rotatable bonds is 3. The van der Waals surface area contributed by atoms with Gasteiger partial charge in [-0.1, -0.05) is 30.3 Å². The fourth-order valence-corrected chi connectivity index (χ4v) is 2.16. The summed E-state index contributed by atoms with van der Waals surface area (Å²) in [5.41, 5.74) is 1.09. The summed E-state index contributed by atoms with van der Waals surface area (Å²) in [5, 5.41) is 0. The molecular weight excluding hydrogens is 278 g/mol.